The normalized spacial score (nSPS) is 13.3. The van der Waals surface area contributed by atoms with Crippen LogP contribution >= 0.6 is 0 Å². The Morgan fingerprint density at radius 1 is 1.00 bits per heavy atom. The van der Waals surface area contributed by atoms with E-state index in [9.17, 15) is 14.4 Å². The fraction of sp³-hybridized carbons (Fsp3) is 0.238. The Bertz CT molecular complexity index is 1080. The Kier molecular flexibility index (Phi) is 4.89. The molecule has 142 valence electrons. The van der Waals surface area contributed by atoms with E-state index in [1.807, 2.05) is 12.1 Å². The third kappa shape index (κ3) is 3.78. The van der Waals surface area contributed by atoms with Gasteiger partial charge in [-0.2, -0.15) is 0 Å². The van der Waals surface area contributed by atoms with Gasteiger partial charge in [0, 0.05) is 6.04 Å². The topological polar surface area (TPSA) is 93.1 Å². The molecule has 0 fully saturated rings. The highest BCUT2D eigenvalue weighted by atomic mass is 16.2. The van der Waals surface area contributed by atoms with Crippen LogP contribution in [0.2, 0.25) is 0 Å². The van der Waals surface area contributed by atoms with E-state index >= 15 is 0 Å². The number of hydrogen-bond acceptors (Lipinski definition) is 4. The van der Waals surface area contributed by atoms with Gasteiger partial charge in [0.15, 0.2) is 0 Å². The van der Waals surface area contributed by atoms with Gasteiger partial charge in [-0.05, 0) is 36.1 Å². The van der Waals surface area contributed by atoms with Crippen molar-refractivity contribution in [3.05, 3.63) is 76.3 Å². The van der Waals surface area contributed by atoms with E-state index in [0.29, 0.717) is 10.9 Å². The van der Waals surface area contributed by atoms with Gasteiger partial charge in [-0.15, -0.1) is 0 Å². The smallest absolute Gasteiger partial charge is 0.261 e. The highest BCUT2D eigenvalue weighted by Gasteiger charge is 2.22. The summed E-state index contributed by atoms with van der Waals surface area (Å²) >= 11 is 0. The Morgan fingerprint density at radius 2 is 1.68 bits per heavy atom. The van der Waals surface area contributed by atoms with Crippen molar-refractivity contribution < 1.29 is 9.59 Å². The molecule has 2 N–H and O–H groups in total. The van der Waals surface area contributed by atoms with Crippen LogP contribution < -0.4 is 16.2 Å². The molecule has 0 spiro atoms. The van der Waals surface area contributed by atoms with Crippen LogP contribution in [0.15, 0.2) is 59.7 Å². The predicted octanol–water partition coefficient (Wildman–Crippen LogP) is 0.796. The summed E-state index contributed by atoms with van der Waals surface area (Å²) in [6, 6.07) is 15.1. The van der Waals surface area contributed by atoms with Crippen molar-refractivity contribution in [1.29, 1.82) is 0 Å². The number of fused-ring (bicyclic) bond motifs is 2. The van der Waals surface area contributed by atoms with E-state index < -0.39 is 5.91 Å². The average Bonchev–Trinajstić information content (AvgIpc) is 3.11. The second-order valence-corrected chi connectivity index (χ2v) is 6.91. The number of amides is 2. The summed E-state index contributed by atoms with van der Waals surface area (Å²) < 4.78 is 1.24. The number of para-hydroxylation sites is 1. The van der Waals surface area contributed by atoms with Gasteiger partial charge in [0.1, 0.15) is 6.54 Å². The zero-order valence-corrected chi connectivity index (χ0v) is 15.2. The fourth-order valence-electron chi connectivity index (χ4n) is 3.55. The number of nitrogens with zero attached hydrogens (tertiary/aromatic N) is 2. The lowest BCUT2D eigenvalue weighted by Gasteiger charge is -2.13. The second-order valence-electron chi connectivity index (χ2n) is 6.91. The number of carbonyl (C=O) groups excluding carboxylic acids is 2. The maximum absolute atomic E-state index is 12.4. The van der Waals surface area contributed by atoms with Crippen LogP contribution in [-0.4, -0.2) is 34.0 Å². The van der Waals surface area contributed by atoms with E-state index in [4.69, 9.17) is 0 Å². The minimum atomic E-state index is -0.413. The molecule has 1 aliphatic carbocycles. The summed E-state index contributed by atoms with van der Waals surface area (Å²) in [7, 11) is 0. The predicted molar refractivity (Wildman–Crippen MR) is 105 cm³/mol. The van der Waals surface area contributed by atoms with Crippen LogP contribution in [0.1, 0.15) is 11.1 Å². The molecule has 1 aliphatic rings. The molecule has 3 aromatic rings. The van der Waals surface area contributed by atoms with E-state index in [1.165, 1.54) is 22.0 Å². The lowest BCUT2D eigenvalue weighted by Crippen LogP contribution is -2.43. The number of hydrogen-bond donors (Lipinski definition) is 2. The van der Waals surface area contributed by atoms with E-state index in [-0.39, 0.29) is 30.6 Å². The van der Waals surface area contributed by atoms with Gasteiger partial charge in [-0.25, -0.2) is 4.98 Å². The van der Waals surface area contributed by atoms with Crippen molar-refractivity contribution in [3.8, 4) is 0 Å². The first-order valence-electron chi connectivity index (χ1n) is 9.17. The van der Waals surface area contributed by atoms with Crippen LogP contribution in [-0.2, 0) is 29.0 Å². The quantitative estimate of drug-likeness (QED) is 0.689. The summed E-state index contributed by atoms with van der Waals surface area (Å²) in [5.74, 6) is -0.654. The van der Waals surface area contributed by atoms with Gasteiger partial charge >= 0.3 is 0 Å². The van der Waals surface area contributed by atoms with Crippen molar-refractivity contribution in [3.63, 3.8) is 0 Å². The molecule has 4 rings (SSSR count). The van der Waals surface area contributed by atoms with Crippen molar-refractivity contribution in [2.45, 2.75) is 25.4 Å². The van der Waals surface area contributed by atoms with Crippen LogP contribution in [0.5, 0.6) is 0 Å². The van der Waals surface area contributed by atoms with Crippen molar-refractivity contribution >= 4 is 22.7 Å². The molecule has 28 heavy (non-hydrogen) atoms. The number of benzene rings is 2. The Hall–Kier alpha value is -3.48. The number of nitrogens with one attached hydrogen (secondary N) is 2. The molecule has 0 saturated carbocycles. The lowest BCUT2D eigenvalue weighted by atomic mass is 10.1. The zero-order chi connectivity index (χ0) is 19.5. The van der Waals surface area contributed by atoms with Crippen LogP contribution in [0.25, 0.3) is 10.9 Å². The number of rotatable bonds is 5. The highest BCUT2D eigenvalue weighted by molar-refractivity contribution is 5.85. The van der Waals surface area contributed by atoms with Gasteiger partial charge in [0.25, 0.3) is 5.56 Å². The van der Waals surface area contributed by atoms with Crippen molar-refractivity contribution in [2.75, 3.05) is 6.54 Å². The SMILES string of the molecule is O=C(Cn1cnc2ccccc2c1=O)NCC(=O)NC1Cc2ccccc2C1. The minimum absolute atomic E-state index is 0.0501. The molecule has 0 bridgehead atoms. The van der Waals surface area contributed by atoms with E-state index in [2.05, 4.69) is 27.8 Å². The fourth-order valence-corrected chi connectivity index (χ4v) is 3.55. The third-order valence-corrected chi connectivity index (χ3v) is 4.91. The van der Waals surface area contributed by atoms with Crippen LogP contribution in [0.3, 0.4) is 0 Å². The largest absolute Gasteiger partial charge is 0.351 e. The first kappa shape index (κ1) is 17.9. The Morgan fingerprint density at radius 3 is 2.43 bits per heavy atom. The van der Waals surface area contributed by atoms with Gasteiger partial charge < -0.3 is 10.6 Å². The molecule has 1 heterocycles. The summed E-state index contributed by atoms with van der Waals surface area (Å²) in [5.41, 5.74) is 2.80. The molecule has 0 atom stereocenters. The molecule has 7 nitrogen and oxygen atoms in total. The van der Waals surface area contributed by atoms with Crippen LogP contribution in [0.4, 0.5) is 0 Å². The summed E-state index contributed by atoms with van der Waals surface area (Å²) in [6.07, 6.45) is 2.95. The Labute approximate surface area is 161 Å². The summed E-state index contributed by atoms with van der Waals surface area (Å²) in [6.45, 7) is -0.305. The molecule has 0 radical (unpaired) electrons. The number of carbonyl (C=O) groups is 2. The lowest BCUT2D eigenvalue weighted by molar-refractivity contribution is -0.126. The minimum Gasteiger partial charge on any atom is -0.351 e. The highest BCUT2D eigenvalue weighted by Crippen LogP contribution is 2.21. The van der Waals surface area contributed by atoms with E-state index in [1.54, 1.807) is 24.3 Å². The average molecular weight is 376 g/mol. The maximum atomic E-state index is 12.4. The molecule has 1 aromatic heterocycles. The maximum Gasteiger partial charge on any atom is 0.261 e. The van der Waals surface area contributed by atoms with Crippen molar-refractivity contribution in [1.82, 2.24) is 20.2 Å². The molecule has 2 aromatic carbocycles. The van der Waals surface area contributed by atoms with Crippen molar-refractivity contribution in [2.24, 2.45) is 0 Å². The third-order valence-electron chi connectivity index (χ3n) is 4.91. The van der Waals surface area contributed by atoms with Crippen LogP contribution in [0, 0.1) is 0 Å². The first-order chi connectivity index (χ1) is 13.6. The van der Waals surface area contributed by atoms with Gasteiger partial charge in [-0.1, -0.05) is 36.4 Å². The summed E-state index contributed by atoms with van der Waals surface area (Å²) in [4.78, 5) is 40.9. The molecule has 0 saturated heterocycles. The van der Waals surface area contributed by atoms with E-state index in [0.717, 1.165) is 12.8 Å². The molecule has 0 unspecified atom stereocenters. The number of aromatic nitrogens is 2. The summed E-state index contributed by atoms with van der Waals surface area (Å²) in [5, 5.41) is 5.96. The molecular formula is C21H20N4O3. The first-order valence-corrected chi connectivity index (χ1v) is 9.17. The molecule has 7 heteroatoms. The molecule has 2 amide bonds. The zero-order valence-electron chi connectivity index (χ0n) is 15.2. The molecular weight excluding hydrogens is 356 g/mol. The molecule has 0 aliphatic heterocycles. The van der Waals surface area contributed by atoms with Gasteiger partial charge in [0.05, 0.1) is 23.8 Å². The van der Waals surface area contributed by atoms with Gasteiger partial charge in [0.2, 0.25) is 11.8 Å². The standard InChI is InChI=1S/C21H20N4O3/c26-19(24-16-9-14-5-1-2-6-15(14)10-16)11-22-20(27)12-25-13-23-18-8-4-3-7-17(18)21(25)28/h1-8,13,16H,9-12H2,(H,22,27)(H,24,26). The Balaban J connectivity index is 1.30. The second kappa shape index (κ2) is 7.64. The van der Waals surface area contributed by atoms with Gasteiger partial charge in [-0.3, -0.25) is 19.0 Å². The monoisotopic (exact) mass is 376 g/mol.